The van der Waals surface area contributed by atoms with Crippen LogP contribution < -0.4 is 5.73 Å². The molecule has 0 bridgehead atoms. The molecule has 1 aliphatic heterocycles. The largest absolute Gasteiger partial charge is 0.369 e. The lowest BCUT2D eigenvalue weighted by molar-refractivity contribution is -0.122. The number of hydrogen-bond acceptors (Lipinski definition) is 2. The SMILES string of the molecule is NC(=O)C1CCN(C(=S)c2cn(Cc3c(F)cccc3Cl)c3ccccc23)CC1. The van der Waals surface area contributed by atoms with Gasteiger partial charge in [-0.25, -0.2) is 4.39 Å². The Kier molecular flexibility index (Phi) is 5.56. The van der Waals surface area contributed by atoms with Crippen molar-refractivity contribution in [2.75, 3.05) is 13.1 Å². The number of benzene rings is 2. The standard InChI is InChI=1S/C22H21ClFN3OS/c23-18-5-3-6-19(24)17(18)13-27-12-16(15-4-1-2-7-20(15)27)22(29)26-10-8-14(9-11-26)21(25)28/h1-7,12,14H,8-11,13H2,(H2,25,28). The van der Waals surface area contributed by atoms with Gasteiger partial charge in [-0.05, 0) is 31.0 Å². The molecule has 3 aromatic rings. The first-order valence-corrected chi connectivity index (χ1v) is 10.3. The Labute approximate surface area is 179 Å². The highest BCUT2D eigenvalue weighted by molar-refractivity contribution is 7.80. The molecule has 0 saturated carbocycles. The lowest BCUT2D eigenvalue weighted by Gasteiger charge is -2.32. The van der Waals surface area contributed by atoms with Crippen LogP contribution >= 0.6 is 23.8 Å². The number of carbonyl (C=O) groups excluding carboxylic acids is 1. The van der Waals surface area contributed by atoms with Gasteiger partial charge in [0.05, 0.1) is 6.54 Å². The highest BCUT2D eigenvalue weighted by Gasteiger charge is 2.26. The Bertz CT molecular complexity index is 1070. The zero-order chi connectivity index (χ0) is 20.5. The number of hydrogen-bond donors (Lipinski definition) is 1. The Morgan fingerprint density at radius 2 is 1.90 bits per heavy atom. The average molecular weight is 430 g/mol. The Morgan fingerprint density at radius 1 is 1.17 bits per heavy atom. The number of amides is 1. The van der Waals surface area contributed by atoms with Crippen molar-refractivity contribution in [2.45, 2.75) is 19.4 Å². The first-order chi connectivity index (χ1) is 14.0. The zero-order valence-electron chi connectivity index (χ0n) is 15.8. The number of nitrogens with two attached hydrogens (primary N) is 1. The first kappa shape index (κ1) is 19.9. The van der Waals surface area contributed by atoms with Crippen LogP contribution in [-0.4, -0.2) is 33.5 Å². The normalized spacial score (nSPS) is 15.0. The van der Waals surface area contributed by atoms with Crippen LogP contribution in [0, 0.1) is 11.7 Å². The molecule has 150 valence electrons. The molecule has 2 N–H and O–H groups in total. The molecule has 2 aromatic carbocycles. The lowest BCUT2D eigenvalue weighted by Crippen LogP contribution is -2.41. The fourth-order valence-electron chi connectivity index (χ4n) is 3.94. The number of para-hydroxylation sites is 1. The van der Waals surface area contributed by atoms with Crippen molar-refractivity contribution >= 4 is 45.6 Å². The van der Waals surface area contributed by atoms with Gasteiger partial charge in [-0.2, -0.15) is 0 Å². The number of fused-ring (bicyclic) bond motifs is 1. The van der Waals surface area contributed by atoms with Gasteiger partial charge in [0.25, 0.3) is 0 Å². The summed E-state index contributed by atoms with van der Waals surface area (Å²) in [6, 6.07) is 12.6. The number of piperidine rings is 1. The molecular formula is C22H21ClFN3OS. The van der Waals surface area contributed by atoms with E-state index in [2.05, 4.69) is 4.90 Å². The van der Waals surface area contributed by atoms with E-state index in [-0.39, 0.29) is 17.6 Å². The topological polar surface area (TPSA) is 51.3 Å². The van der Waals surface area contributed by atoms with Crippen molar-refractivity contribution in [2.24, 2.45) is 11.7 Å². The van der Waals surface area contributed by atoms with E-state index in [1.807, 2.05) is 35.0 Å². The predicted octanol–water partition coefficient (Wildman–Crippen LogP) is 4.35. The molecule has 0 unspecified atom stereocenters. The highest BCUT2D eigenvalue weighted by atomic mass is 35.5. The first-order valence-electron chi connectivity index (χ1n) is 9.55. The Hall–Kier alpha value is -2.44. The van der Waals surface area contributed by atoms with E-state index in [1.165, 1.54) is 6.07 Å². The fraction of sp³-hybridized carbons (Fsp3) is 0.273. The average Bonchev–Trinajstić information content (AvgIpc) is 3.09. The van der Waals surface area contributed by atoms with Crippen LogP contribution in [0.1, 0.15) is 24.0 Å². The van der Waals surface area contributed by atoms with Crippen molar-refractivity contribution in [3.05, 3.63) is 70.6 Å². The van der Waals surface area contributed by atoms with E-state index >= 15 is 0 Å². The number of rotatable bonds is 4. The maximum atomic E-state index is 14.3. The van der Waals surface area contributed by atoms with E-state index < -0.39 is 0 Å². The number of primary amides is 1. The monoisotopic (exact) mass is 429 g/mol. The maximum Gasteiger partial charge on any atom is 0.220 e. The van der Waals surface area contributed by atoms with E-state index in [0.29, 0.717) is 43.1 Å². The minimum atomic E-state index is -0.326. The third kappa shape index (κ3) is 3.87. The second-order valence-electron chi connectivity index (χ2n) is 7.36. The van der Waals surface area contributed by atoms with Crippen LogP contribution in [0.5, 0.6) is 0 Å². The van der Waals surface area contributed by atoms with Crippen LogP contribution in [0.25, 0.3) is 10.9 Å². The van der Waals surface area contributed by atoms with E-state index in [0.717, 1.165) is 21.5 Å². The van der Waals surface area contributed by atoms with E-state index in [4.69, 9.17) is 29.6 Å². The molecule has 4 rings (SSSR count). The molecule has 0 atom stereocenters. The number of halogens is 2. The highest BCUT2D eigenvalue weighted by Crippen LogP contribution is 2.28. The van der Waals surface area contributed by atoms with Gasteiger partial charge in [-0.15, -0.1) is 0 Å². The van der Waals surface area contributed by atoms with Crippen molar-refractivity contribution in [1.29, 1.82) is 0 Å². The minimum absolute atomic E-state index is 0.0846. The molecular weight excluding hydrogens is 409 g/mol. The van der Waals surface area contributed by atoms with Gasteiger partial charge in [-0.3, -0.25) is 4.79 Å². The van der Waals surface area contributed by atoms with Crippen LogP contribution in [0.15, 0.2) is 48.7 Å². The van der Waals surface area contributed by atoms with Crippen LogP contribution in [0.4, 0.5) is 4.39 Å². The zero-order valence-corrected chi connectivity index (χ0v) is 17.3. The quantitative estimate of drug-likeness (QED) is 0.627. The van der Waals surface area contributed by atoms with E-state index in [1.54, 1.807) is 12.1 Å². The smallest absolute Gasteiger partial charge is 0.220 e. The molecule has 1 aliphatic rings. The third-order valence-corrected chi connectivity index (χ3v) is 6.43. The maximum absolute atomic E-state index is 14.3. The summed E-state index contributed by atoms with van der Waals surface area (Å²) in [5.41, 5.74) is 7.79. The number of carbonyl (C=O) groups is 1. The molecule has 4 nitrogen and oxygen atoms in total. The van der Waals surface area contributed by atoms with Gasteiger partial charge >= 0.3 is 0 Å². The van der Waals surface area contributed by atoms with Gasteiger partial charge in [0.1, 0.15) is 10.8 Å². The number of aromatic nitrogens is 1. The summed E-state index contributed by atoms with van der Waals surface area (Å²) in [6.07, 6.45) is 3.38. The van der Waals surface area contributed by atoms with Gasteiger partial charge in [0, 0.05) is 52.3 Å². The molecule has 2 heterocycles. The van der Waals surface area contributed by atoms with Crippen LogP contribution in [-0.2, 0) is 11.3 Å². The van der Waals surface area contributed by atoms with Crippen molar-refractivity contribution in [3.8, 4) is 0 Å². The van der Waals surface area contributed by atoms with Gasteiger partial charge < -0.3 is 15.2 Å². The number of likely N-dealkylation sites (tertiary alicyclic amines) is 1. The fourth-order valence-corrected chi connectivity index (χ4v) is 4.51. The Morgan fingerprint density at radius 3 is 2.59 bits per heavy atom. The third-order valence-electron chi connectivity index (χ3n) is 5.59. The summed E-state index contributed by atoms with van der Waals surface area (Å²) in [7, 11) is 0. The van der Waals surface area contributed by atoms with E-state index in [9.17, 15) is 9.18 Å². The molecule has 0 radical (unpaired) electrons. The molecule has 1 fully saturated rings. The summed E-state index contributed by atoms with van der Waals surface area (Å²) in [4.78, 5) is 14.3. The number of thiocarbonyl (C=S) groups is 1. The van der Waals surface area contributed by atoms with Crippen molar-refractivity contribution in [3.63, 3.8) is 0 Å². The minimum Gasteiger partial charge on any atom is -0.369 e. The molecule has 0 aliphatic carbocycles. The Balaban J connectivity index is 1.66. The molecule has 1 amide bonds. The summed E-state index contributed by atoms with van der Waals surface area (Å²) < 4.78 is 16.3. The number of nitrogens with zero attached hydrogens (tertiary/aromatic N) is 2. The summed E-state index contributed by atoms with van der Waals surface area (Å²) in [5.74, 6) is -0.652. The molecule has 7 heteroatoms. The van der Waals surface area contributed by atoms with Gasteiger partial charge in [-0.1, -0.05) is 48.1 Å². The molecule has 29 heavy (non-hydrogen) atoms. The van der Waals surface area contributed by atoms with Gasteiger partial charge in [0.2, 0.25) is 5.91 Å². The van der Waals surface area contributed by atoms with Gasteiger partial charge in [0.15, 0.2) is 0 Å². The second kappa shape index (κ2) is 8.13. The summed E-state index contributed by atoms with van der Waals surface area (Å²) >= 11 is 12.0. The van der Waals surface area contributed by atoms with Crippen LogP contribution in [0.3, 0.4) is 0 Å². The summed E-state index contributed by atoms with van der Waals surface area (Å²) in [6.45, 7) is 1.72. The van der Waals surface area contributed by atoms with Crippen molar-refractivity contribution < 1.29 is 9.18 Å². The van der Waals surface area contributed by atoms with Crippen LogP contribution in [0.2, 0.25) is 5.02 Å². The molecule has 0 spiro atoms. The molecule has 1 saturated heterocycles. The lowest BCUT2D eigenvalue weighted by atomic mass is 9.96. The summed E-state index contributed by atoms with van der Waals surface area (Å²) in [5, 5.41) is 1.42. The van der Waals surface area contributed by atoms with Crippen molar-refractivity contribution in [1.82, 2.24) is 9.47 Å². The predicted molar refractivity (Wildman–Crippen MR) is 118 cm³/mol. The molecule has 1 aromatic heterocycles. The second-order valence-corrected chi connectivity index (χ2v) is 8.15.